The summed E-state index contributed by atoms with van der Waals surface area (Å²) in [6, 6.07) is 20.9. The maximum absolute atomic E-state index is 6.77. The number of hydrogen-bond donors (Lipinski definition) is 1. The zero-order chi connectivity index (χ0) is 25.0. The van der Waals surface area contributed by atoms with Gasteiger partial charge in [0.1, 0.15) is 11.3 Å². The third-order valence-electron chi connectivity index (χ3n) is 8.39. The molecule has 0 radical (unpaired) electrons. The van der Waals surface area contributed by atoms with Gasteiger partial charge in [-0.3, -0.25) is 9.30 Å². The number of imidazole rings is 1. The Labute approximate surface area is 221 Å². The van der Waals surface area contributed by atoms with E-state index in [-0.39, 0.29) is 5.54 Å². The fourth-order valence-electron chi connectivity index (χ4n) is 6.26. The quantitative estimate of drug-likeness (QED) is 0.332. The van der Waals surface area contributed by atoms with Gasteiger partial charge in [0.15, 0.2) is 5.15 Å². The maximum Gasteiger partial charge on any atom is 0.155 e. The van der Waals surface area contributed by atoms with Gasteiger partial charge in [-0.1, -0.05) is 67.1 Å². The highest BCUT2D eigenvalue weighted by atomic mass is 35.5. The van der Waals surface area contributed by atoms with E-state index in [0.717, 1.165) is 77.4 Å². The van der Waals surface area contributed by atoms with E-state index in [1.165, 1.54) is 6.42 Å². The van der Waals surface area contributed by atoms with Crippen LogP contribution in [0.4, 0.5) is 0 Å². The van der Waals surface area contributed by atoms with Crippen molar-refractivity contribution >= 4 is 28.0 Å². The number of nitrogens with zero attached hydrogens (tertiary/aromatic N) is 5. The van der Waals surface area contributed by atoms with E-state index in [4.69, 9.17) is 21.6 Å². The van der Waals surface area contributed by atoms with Crippen LogP contribution in [0.15, 0.2) is 73.1 Å². The average Bonchev–Trinajstić information content (AvgIpc) is 3.34. The monoisotopic (exact) mass is 508 g/mol. The number of fused-ring (bicyclic) bond motifs is 2. The molecule has 4 heterocycles. The molecule has 37 heavy (non-hydrogen) atoms. The van der Waals surface area contributed by atoms with E-state index in [1.807, 2.05) is 24.4 Å². The molecule has 6 nitrogen and oxygen atoms in total. The highest BCUT2D eigenvalue weighted by Gasteiger charge is 2.53. The number of benzene rings is 2. The van der Waals surface area contributed by atoms with Crippen molar-refractivity contribution in [3.05, 3.63) is 84.0 Å². The minimum absolute atomic E-state index is 0.0937. The van der Waals surface area contributed by atoms with Gasteiger partial charge in [0.25, 0.3) is 0 Å². The van der Waals surface area contributed by atoms with Crippen LogP contribution in [0.5, 0.6) is 0 Å². The molecule has 2 aromatic carbocycles. The van der Waals surface area contributed by atoms with Gasteiger partial charge in [-0.25, -0.2) is 15.0 Å². The molecule has 1 aliphatic carbocycles. The minimum atomic E-state index is -0.0937. The molecule has 186 valence electrons. The van der Waals surface area contributed by atoms with Gasteiger partial charge in [-0.15, -0.1) is 0 Å². The fourth-order valence-corrected chi connectivity index (χ4v) is 6.49. The van der Waals surface area contributed by atoms with Crippen LogP contribution in [0.2, 0.25) is 5.15 Å². The fraction of sp³-hybridized carbons (Fsp3) is 0.300. The lowest BCUT2D eigenvalue weighted by Crippen LogP contribution is -2.62. The third kappa shape index (κ3) is 3.58. The van der Waals surface area contributed by atoms with Crippen LogP contribution >= 0.6 is 11.6 Å². The van der Waals surface area contributed by atoms with Gasteiger partial charge >= 0.3 is 0 Å². The number of hydrogen-bond acceptors (Lipinski definition) is 5. The predicted octanol–water partition coefficient (Wildman–Crippen LogP) is 5.80. The lowest BCUT2D eigenvalue weighted by Gasteiger charge is -2.55. The van der Waals surface area contributed by atoms with Crippen molar-refractivity contribution in [1.82, 2.24) is 29.6 Å². The molecule has 0 bridgehead atoms. The summed E-state index contributed by atoms with van der Waals surface area (Å²) < 4.78 is 2.19. The smallest absolute Gasteiger partial charge is 0.155 e. The molecule has 1 N–H and O–H groups in total. The van der Waals surface area contributed by atoms with Crippen LogP contribution < -0.4 is 5.32 Å². The number of piperazine rings is 1. The van der Waals surface area contributed by atoms with Gasteiger partial charge in [0, 0.05) is 55.1 Å². The molecule has 2 atom stereocenters. The molecule has 1 aliphatic heterocycles. The Morgan fingerprint density at radius 2 is 1.78 bits per heavy atom. The van der Waals surface area contributed by atoms with Crippen LogP contribution in [-0.2, 0) is 5.54 Å². The first-order valence-electron chi connectivity index (χ1n) is 13.1. The standard InChI is InChI=1S/C30H29ClN6/c1-20-11-12-30(20,36-16-13-32-14-17-36)29-35-26(27-28(31)33-15-18-37(27)29)23-8-7-22-9-10-24(34-25(22)19-23)21-5-3-2-4-6-21/h2-10,15,18-20,32H,11-14,16-17H2,1H3. The molecular weight excluding hydrogens is 480 g/mol. The summed E-state index contributed by atoms with van der Waals surface area (Å²) in [5, 5.41) is 5.08. The molecule has 2 unspecified atom stereocenters. The molecule has 7 heteroatoms. The number of aromatic nitrogens is 4. The molecular formula is C30H29ClN6. The van der Waals surface area contributed by atoms with Crippen molar-refractivity contribution in [2.75, 3.05) is 26.2 Å². The molecule has 2 aliphatic rings. The van der Waals surface area contributed by atoms with Crippen molar-refractivity contribution < 1.29 is 0 Å². The summed E-state index contributed by atoms with van der Waals surface area (Å²) in [4.78, 5) is 17.5. The summed E-state index contributed by atoms with van der Waals surface area (Å²) in [7, 11) is 0. The molecule has 2 fully saturated rings. The number of rotatable bonds is 4. The molecule has 1 saturated carbocycles. The lowest BCUT2D eigenvalue weighted by molar-refractivity contribution is -0.0559. The van der Waals surface area contributed by atoms with Crippen LogP contribution in [0.25, 0.3) is 38.9 Å². The van der Waals surface area contributed by atoms with Crippen LogP contribution in [0.3, 0.4) is 0 Å². The minimum Gasteiger partial charge on any atom is -0.314 e. The first-order chi connectivity index (χ1) is 18.1. The Balaban J connectivity index is 1.40. The third-order valence-corrected chi connectivity index (χ3v) is 8.66. The van der Waals surface area contributed by atoms with Gasteiger partial charge in [-0.2, -0.15) is 0 Å². The van der Waals surface area contributed by atoms with Gasteiger partial charge in [0.05, 0.1) is 22.4 Å². The summed E-state index contributed by atoms with van der Waals surface area (Å²) in [6.07, 6.45) is 6.11. The first-order valence-corrected chi connectivity index (χ1v) is 13.5. The van der Waals surface area contributed by atoms with Crippen LogP contribution in [0.1, 0.15) is 25.6 Å². The predicted molar refractivity (Wildman–Crippen MR) is 149 cm³/mol. The van der Waals surface area contributed by atoms with Crippen LogP contribution in [-0.4, -0.2) is 50.4 Å². The second-order valence-electron chi connectivity index (χ2n) is 10.3. The zero-order valence-corrected chi connectivity index (χ0v) is 21.6. The van der Waals surface area contributed by atoms with E-state index in [0.29, 0.717) is 11.1 Å². The van der Waals surface area contributed by atoms with Crippen molar-refractivity contribution in [2.45, 2.75) is 25.3 Å². The zero-order valence-electron chi connectivity index (χ0n) is 20.9. The SMILES string of the molecule is CC1CCC1(c1nc(-c2ccc3ccc(-c4ccccc4)nc3c2)c2c(Cl)nccn12)N1CCNCC1. The number of halogens is 1. The summed E-state index contributed by atoms with van der Waals surface area (Å²) in [5.41, 5.74) is 5.65. The Morgan fingerprint density at radius 3 is 2.54 bits per heavy atom. The normalized spacial score (nSPS) is 22.4. The van der Waals surface area contributed by atoms with Crippen molar-refractivity contribution in [3.63, 3.8) is 0 Å². The van der Waals surface area contributed by atoms with E-state index < -0.39 is 0 Å². The first kappa shape index (κ1) is 22.8. The Morgan fingerprint density at radius 1 is 0.973 bits per heavy atom. The summed E-state index contributed by atoms with van der Waals surface area (Å²) in [5.74, 6) is 1.59. The number of pyridine rings is 1. The largest absolute Gasteiger partial charge is 0.314 e. The molecule has 5 aromatic rings. The Bertz CT molecular complexity index is 1610. The molecule has 0 spiro atoms. The molecule has 7 rings (SSSR count). The topological polar surface area (TPSA) is 58.4 Å². The second-order valence-corrected chi connectivity index (χ2v) is 10.6. The van der Waals surface area contributed by atoms with E-state index in [2.05, 4.69) is 69.0 Å². The van der Waals surface area contributed by atoms with Gasteiger partial charge in [0.2, 0.25) is 0 Å². The molecule has 1 saturated heterocycles. The molecule has 0 amide bonds. The second kappa shape index (κ2) is 8.91. The maximum atomic E-state index is 6.77. The van der Waals surface area contributed by atoms with E-state index in [1.54, 1.807) is 6.20 Å². The van der Waals surface area contributed by atoms with Gasteiger partial charge < -0.3 is 5.32 Å². The highest BCUT2D eigenvalue weighted by Crippen LogP contribution is 2.51. The Kier molecular flexibility index (Phi) is 5.50. The van der Waals surface area contributed by atoms with E-state index in [9.17, 15) is 0 Å². The summed E-state index contributed by atoms with van der Waals surface area (Å²) >= 11 is 6.77. The van der Waals surface area contributed by atoms with Crippen LogP contribution in [0, 0.1) is 5.92 Å². The highest BCUT2D eigenvalue weighted by molar-refractivity contribution is 6.33. The molecule has 3 aromatic heterocycles. The lowest BCUT2D eigenvalue weighted by atomic mass is 9.65. The van der Waals surface area contributed by atoms with Gasteiger partial charge in [-0.05, 0) is 30.9 Å². The van der Waals surface area contributed by atoms with Crippen molar-refractivity contribution in [2.24, 2.45) is 5.92 Å². The number of nitrogens with one attached hydrogen (secondary N) is 1. The summed E-state index contributed by atoms with van der Waals surface area (Å²) in [6.45, 7) is 6.42. The Hall–Kier alpha value is -3.32. The van der Waals surface area contributed by atoms with Crippen molar-refractivity contribution in [3.8, 4) is 22.5 Å². The van der Waals surface area contributed by atoms with Crippen molar-refractivity contribution in [1.29, 1.82) is 0 Å². The average molecular weight is 509 g/mol. The van der Waals surface area contributed by atoms with E-state index >= 15 is 0 Å².